The van der Waals surface area contributed by atoms with Gasteiger partial charge in [-0.15, -0.1) is 11.3 Å². The van der Waals surface area contributed by atoms with Gasteiger partial charge in [0.25, 0.3) is 5.91 Å². The van der Waals surface area contributed by atoms with E-state index >= 15 is 0 Å². The van der Waals surface area contributed by atoms with Crippen molar-refractivity contribution in [3.63, 3.8) is 0 Å². The third-order valence-corrected chi connectivity index (χ3v) is 4.26. The Morgan fingerprint density at radius 2 is 2.31 bits per heavy atom. The molecule has 1 aromatic heterocycles. The van der Waals surface area contributed by atoms with Crippen LogP contribution >= 0.6 is 11.3 Å². The minimum absolute atomic E-state index is 0.149. The number of piperidine rings is 1. The number of likely N-dealkylation sites (tertiary alicyclic amines) is 1. The zero-order valence-electron chi connectivity index (χ0n) is 9.82. The van der Waals surface area contributed by atoms with Crippen LogP contribution in [-0.2, 0) is 0 Å². The fraction of sp³-hybridized carbons (Fsp3) is 0.583. The quantitative estimate of drug-likeness (QED) is 0.812. The number of nitrogens with two attached hydrogens (primary N) is 1. The molecule has 2 rings (SSSR count). The average molecular weight is 238 g/mol. The van der Waals surface area contributed by atoms with E-state index in [0.717, 1.165) is 24.3 Å². The van der Waals surface area contributed by atoms with Gasteiger partial charge in [0, 0.05) is 24.0 Å². The van der Waals surface area contributed by atoms with E-state index in [1.54, 1.807) is 11.3 Å². The Bertz CT molecular complexity index is 380. The fourth-order valence-electron chi connectivity index (χ4n) is 2.03. The summed E-state index contributed by atoms with van der Waals surface area (Å²) in [7, 11) is 0. The lowest BCUT2D eigenvalue weighted by Crippen LogP contribution is -2.45. The molecule has 16 heavy (non-hydrogen) atoms. The van der Waals surface area contributed by atoms with Crippen molar-refractivity contribution >= 4 is 17.2 Å². The Kier molecular flexibility index (Phi) is 3.30. The zero-order valence-corrected chi connectivity index (χ0v) is 10.6. The molecule has 3 nitrogen and oxygen atoms in total. The predicted octanol–water partition coefficient (Wildman–Crippen LogP) is 1.93. The maximum absolute atomic E-state index is 12.2. The molecule has 1 atom stereocenters. The van der Waals surface area contributed by atoms with Crippen molar-refractivity contribution in [3.8, 4) is 0 Å². The van der Waals surface area contributed by atoms with Crippen molar-refractivity contribution < 1.29 is 4.79 Å². The Hall–Kier alpha value is -0.870. The first-order valence-corrected chi connectivity index (χ1v) is 6.51. The van der Waals surface area contributed by atoms with Gasteiger partial charge >= 0.3 is 0 Å². The van der Waals surface area contributed by atoms with E-state index in [1.807, 2.05) is 17.9 Å². The third kappa shape index (κ3) is 2.28. The molecular weight excluding hydrogens is 220 g/mol. The minimum Gasteiger partial charge on any atom is -0.336 e. The van der Waals surface area contributed by atoms with Crippen molar-refractivity contribution in [2.45, 2.75) is 32.7 Å². The van der Waals surface area contributed by atoms with E-state index in [4.69, 9.17) is 5.73 Å². The van der Waals surface area contributed by atoms with E-state index < -0.39 is 0 Å². The van der Waals surface area contributed by atoms with E-state index in [1.165, 1.54) is 10.4 Å². The van der Waals surface area contributed by atoms with Crippen molar-refractivity contribution in [1.82, 2.24) is 4.90 Å². The van der Waals surface area contributed by atoms with Gasteiger partial charge in [0.15, 0.2) is 0 Å². The Balaban J connectivity index is 2.12. The number of thiophene rings is 1. The van der Waals surface area contributed by atoms with Crippen LogP contribution in [0.4, 0.5) is 0 Å². The van der Waals surface area contributed by atoms with Gasteiger partial charge in [-0.05, 0) is 38.3 Å². The maximum atomic E-state index is 12.2. The summed E-state index contributed by atoms with van der Waals surface area (Å²) in [6, 6.07) is 2.14. The number of aryl methyl sites for hydroxylation is 2. The van der Waals surface area contributed by atoms with Crippen LogP contribution in [0.2, 0.25) is 0 Å². The van der Waals surface area contributed by atoms with Crippen LogP contribution in [-0.4, -0.2) is 29.9 Å². The summed E-state index contributed by atoms with van der Waals surface area (Å²) >= 11 is 1.59. The summed E-state index contributed by atoms with van der Waals surface area (Å²) < 4.78 is 0. The molecule has 1 aliphatic heterocycles. The third-order valence-electron chi connectivity index (χ3n) is 3.12. The van der Waals surface area contributed by atoms with Crippen molar-refractivity contribution in [2.75, 3.05) is 13.1 Å². The first kappa shape index (κ1) is 11.6. The van der Waals surface area contributed by atoms with Crippen LogP contribution in [0.15, 0.2) is 6.07 Å². The van der Waals surface area contributed by atoms with Crippen molar-refractivity contribution in [2.24, 2.45) is 5.73 Å². The van der Waals surface area contributed by atoms with Gasteiger partial charge in [0.2, 0.25) is 0 Å². The number of rotatable bonds is 1. The molecule has 0 aliphatic carbocycles. The molecule has 1 fully saturated rings. The maximum Gasteiger partial charge on any atom is 0.263 e. The smallest absolute Gasteiger partial charge is 0.263 e. The number of carbonyl (C=O) groups is 1. The molecule has 0 aromatic carbocycles. The summed E-state index contributed by atoms with van der Waals surface area (Å²) in [6.45, 7) is 5.65. The largest absolute Gasteiger partial charge is 0.336 e. The molecule has 1 saturated heterocycles. The predicted molar refractivity (Wildman–Crippen MR) is 66.9 cm³/mol. The zero-order chi connectivity index (χ0) is 11.7. The van der Waals surface area contributed by atoms with E-state index in [2.05, 4.69) is 6.92 Å². The molecule has 1 aliphatic rings. The number of nitrogens with zero attached hydrogens (tertiary/aromatic N) is 1. The lowest BCUT2D eigenvalue weighted by molar-refractivity contribution is 0.0713. The highest BCUT2D eigenvalue weighted by molar-refractivity contribution is 7.14. The average Bonchev–Trinajstić information content (AvgIpc) is 2.58. The highest BCUT2D eigenvalue weighted by Gasteiger charge is 2.23. The van der Waals surface area contributed by atoms with E-state index in [-0.39, 0.29) is 11.9 Å². The number of amides is 1. The van der Waals surface area contributed by atoms with Gasteiger partial charge < -0.3 is 10.6 Å². The summed E-state index contributed by atoms with van der Waals surface area (Å²) in [6.07, 6.45) is 2.06. The highest BCUT2D eigenvalue weighted by atomic mass is 32.1. The SMILES string of the molecule is Cc1cc(C(=O)N2CCC[C@@H](N)C2)sc1C. The Morgan fingerprint density at radius 1 is 1.56 bits per heavy atom. The monoisotopic (exact) mass is 238 g/mol. The molecule has 0 radical (unpaired) electrons. The first-order valence-electron chi connectivity index (χ1n) is 5.70. The molecule has 4 heteroatoms. The molecule has 88 valence electrons. The van der Waals surface area contributed by atoms with Gasteiger partial charge in [-0.25, -0.2) is 0 Å². The molecule has 0 bridgehead atoms. The van der Waals surface area contributed by atoms with Gasteiger partial charge in [0.1, 0.15) is 0 Å². The first-order chi connectivity index (χ1) is 7.58. The summed E-state index contributed by atoms with van der Waals surface area (Å²) in [5, 5.41) is 0. The normalized spacial score (nSPS) is 21.2. The number of carbonyl (C=O) groups excluding carboxylic acids is 1. The molecule has 1 aromatic rings. The molecule has 0 unspecified atom stereocenters. The number of hydrogen-bond acceptors (Lipinski definition) is 3. The van der Waals surface area contributed by atoms with Crippen LogP contribution < -0.4 is 5.73 Å². The minimum atomic E-state index is 0.149. The van der Waals surface area contributed by atoms with Gasteiger partial charge in [0.05, 0.1) is 4.88 Å². The van der Waals surface area contributed by atoms with Crippen LogP contribution in [0.3, 0.4) is 0 Å². The van der Waals surface area contributed by atoms with Crippen molar-refractivity contribution in [1.29, 1.82) is 0 Å². The lowest BCUT2D eigenvalue weighted by Gasteiger charge is -2.30. The van der Waals surface area contributed by atoms with Gasteiger partial charge in [-0.1, -0.05) is 0 Å². The van der Waals surface area contributed by atoms with Crippen LogP contribution in [0.25, 0.3) is 0 Å². The van der Waals surface area contributed by atoms with Crippen LogP contribution in [0.1, 0.15) is 33.0 Å². The molecule has 1 amide bonds. The van der Waals surface area contributed by atoms with Gasteiger partial charge in [-0.3, -0.25) is 4.79 Å². The topological polar surface area (TPSA) is 46.3 Å². The Morgan fingerprint density at radius 3 is 2.88 bits per heavy atom. The molecule has 2 heterocycles. The van der Waals surface area contributed by atoms with E-state index in [0.29, 0.717) is 6.54 Å². The molecule has 0 spiro atoms. The van der Waals surface area contributed by atoms with Crippen LogP contribution in [0, 0.1) is 13.8 Å². The summed E-state index contributed by atoms with van der Waals surface area (Å²) in [5.74, 6) is 0.149. The lowest BCUT2D eigenvalue weighted by atomic mass is 10.1. The summed E-state index contributed by atoms with van der Waals surface area (Å²) in [4.78, 5) is 16.2. The molecule has 2 N–H and O–H groups in total. The Labute approximate surface area is 100 Å². The fourth-order valence-corrected chi connectivity index (χ4v) is 3.03. The van der Waals surface area contributed by atoms with Crippen LogP contribution in [0.5, 0.6) is 0 Å². The second-order valence-electron chi connectivity index (χ2n) is 4.50. The number of hydrogen-bond donors (Lipinski definition) is 1. The second-order valence-corrected chi connectivity index (χ2v) is 5.76. The van der Waals surface area contributed by atoms with E-state index in [9.17, 15) is 4.79 Å². The molecule has 0 saturated carbocycles. The molecular formula is C12H18N2OS. The van der Waals surface area contributed by atoms with Crippen molar-refractivity contribution in [3.05, 3.63) is 21.4 Å². The highest BCUT2D eigenvalue weighted by Crippen LogP contribution is 2.23. The van der Waals surface area contributed by atoms with Gasteiger partial charge in [-0.2, -0.15) is 0 Å². The summed E-state index contributed by atoms with van der Waals surface area (Å²) in [5.41, 5.74) is 7.09. The second kappa shape index (κ2) is 4.55. The standard InChI is InChI=1S/C12H18N2OS/c1-8-6-11(16-9(8)2)12(15)14-5-3-4-10(13)7-14/h6,10H,3-5,7,13H2,1-2H3/t10-/m1/s1.